The Bertz CT molecular complexity index is 461. The molecule has 0 atom stereocenters. The van der Waals surface area contributed by atoms with Crippen LogP contribution in [0.4, 0.5) is 5.95 Å². The Hall–Kier alpha value is -1.36. The second-order valence-electron chi connectivity index (χ2n) is 5.78. The average molecular weight is 264 g/mol. The smallest absolute Gasteiger partial charge is 0.252 e. The molecule has 106 valence electrons. The number of H-pyrrole nitrogens is 1. The highest BCUT2D eigenvalue weighted by Gasteiger charge is 2.16. The second kappa shape index (κ2) is 6.19. The number of likely N-dealkylation sites (N-methyl/N-ethyl adjacent to an activating group) is 1. The molecule has 2 rings (SSSR count). The van der Waals surface area contributed by atoms with Gasteiger partial charge in [0.1, 0.15) is 0 Å². The van der Waals surface area contributed by atoms with Crippen LogP contribution in [0.15, 0.2) is 10.9 Å². The van der Waals surface area contributed by atoms with Gasteiger partial charge in [0.25, 0.3) is 5.56 Å². The molecule has 1 aliphatic rings. The van der Waals surface area contributed by atoms with Gasteiger partial charge < -0.3 is 9.80 Å². The van der Waals surface area contributed by atoms with Gasteiger partial charge >= 0.3 is 0 Å². The highest BCUT2D eigenvalue weighted by Crippen LogP contribution is 2.11. The van der Waals surface area contributed by atoms with Crippen LogP contribution < -0.4 is 10.5 Å². The average Bonchev–Trinajstić information content (AvgIpc) is 2.36. The predicted octanol–water partition coefficient (Wildman–Crippen LogP) is 1.11. The van der Waals surface area contributed by atoms with Gasteiger partial charge in [-0.3, -0.25) is 9.78 Å². The Balaban J connectivity index is 2.10. The Labute approximate surface area is 114 Å². The van der Waals surface area contributed by atoms with Crippen molar-refractivity contribution in [3.05, 3.63) is 22.1 Å². The van der Waals surface area contributed by atoms with E-state index in [-0.39, 0.29) is 5.56 Å². The number of hydrogen-bond acceptors (Lipinski definition) is 4. The number of aromatic nitrogens is 2. The van der Waals surface area contributed by atoms with E-state index >= 15 is 0 Å². The number of nitrogens with zero attached hydrogens (tertiary/aromatic N) is 3. The van der Waals surface area contributed by atoms with Gasteiger partial charge in [-0.2, -0.15) is 0 Å². The first-order chi connectivity index (χ1) is 9.04. The van der Waals surface area contributed by atoms with Crippen molar-refractivity contribution in [2.24, 2.45) is 5.92 Å². The van der Waals surface area contributed by atoms with Crippen molar-refractivity contribution in [2.75, 3.05) is 38.1 Å². The Morgan fingerprint density at radius 3 is 2.63 bits per heavy atom. The van der Waals surface area contributed by atoms with Crippen LogP contribution in [0.1, 0.15) is 26.0 Å². The van der Waals surface area contributed by atoms with Crippen LogP contribution in [0.3, 0.4) is 0 Å². The third-order valence-corrected chi connectivity index (χ3v) is 3.56. The van der Waals surface area contributed by atoms with Gasteiger partial charge in [-0.05, 0) is 25.8 Å². The summed E-state index contributed by atoms with van der Waals surface area (Å²) in [5.41, 5.74) is 0.870. The number of aryl methyl sites for hydroxylation is 1. The van der Waals surface area contributed by atoms with Crippen molar-refractivity contribution >= 4 is 5.95 Å². The molecule has 1 aromatic rings. The van der Waals surface area contributed by atoms with Crippen molar-refractivity contribution in [1.82, 2.24) is 14.9 Å². The standard InChI is InChI=1S/C14H24N4O/c1-11(2)4-5-12-10-13(19)16-14(15-12)18-8-6-17(3)7-9-18/h10-11H,4-9H2,1-3H3,(H,15,16,19). The fourth-order valence-electron chi connectivity index (χ4n) is 2.23. The summed E-state index contributed by atoms with van der Waals surface area (Å²) in [5.74, 6) is 1.37. The van der Waals surface area contributed by atoms with Crippen molar-refractivity contribution in [3.8, 4) is 0 Å². The minimum atomic E-state index is -0.0392. The normalized spacial score (nSPS) is 17.2. The monoisotopic (exact) mass is 264 g/mol. The first-order valence-corrected chi connectivity index (χ1v) is 7.08. The number of piperazine rings is 1. The minimum absolute atomic E-state index is 0.0392. The molecule has 2 heterocycles. The summed E-state index contributed by atoms with van der Waals surface area (Å²) in [5, 5.41) is 0. The quantitative estimate of drug-likeness (QED) is 0.885. The van der Waals surface area contributed by atoms with Gasteiger partial charge in [-0.1, -0.05) is 13.8 Å². The lowest BCUT2D eigenvalue weighted by Gasteiger charge is -2.32. The molecular weight excluding hydrogens is 240 g/mol. The molecule has 0 spiro atoms. The summed E-state index contributed by atoms with van der Waals surface area (Å²) in [7, 11) is 2.12. The molecule has 5 heteroatoms. The van der Waals surface area contributed by atoms with E-state index in [9.17, 15) is 4.79 Å². The van der Waals surface area contributed by atoms with Crippen molar-refractivity contribution in [2.45, 2.75) is 26.7 Å². The van der Waals surface area contributed by atoms with E-state index in [1.165, 1.54) is 0 Å². The van der Waals surface area contributed by atoms with Crippen LogP contribution in [-0.4, -0.2) is 48.1 Å². The SMILES string of the molecule is CC(C)CCc1cc(=O)[nH]c(N2CCN(C)CC2)n1. The molecule has 0 unspecified atom stereocenters. The number of rotatable bonds is 4. The number of hydrogen-bond donors (Lipinski definition) is 1. The molecule has 0 radical (unpaired) electrons. The van der Waals surface area contributed by atoms with Gasteiger partial charge in [0.05, 0.1) is 0 Å². The van der Waals surface area contributed by atoms with Gasteiger partial charge in [-0.25, -0.2) is 4.98 Å². The maximum absolute atomic E-state index is 11.7. The molecule has 0 bridgehead atoms. The lowest BCUT2D eigenvalue weighted by molar-refractivity contribution is 0.311. The maximum atomic E-state index is 11.7. The largest absolute Gasteiger partial charge is 0.340 e. The molecule has 0 saturated carbocycles. The van der Waals surface area contributed by atoms with E-state index in [1.54, 1.807) is 6.07 Å². The van der Waals surface area contributed by atoms with Crippen LogP contribution in [0.5, 0.6) is 0 Å². The first-order valence-electron chi connectivity index (χ1n) is 7.08. The van der Waals surface area contributed by atoms with Crippen LogP contribution in [0.25, 0.3) is 0 Å². The summed E-state index contributed by atoms with van der Waals surface area (Å²) in [6.07, 6.45) is 1.95. The summed E-state index contributed by atoms with van der Waals surface area (Å²) < 4.78 is 0. The molecule has 1 aromatic heterocycles. The molecule has 5 nitrogen and oxygen atoms in total. The summed E-state index contributed by atoms with van der Waals surface area (Å²) in [6.45, 7) is 8.25. The Morgan fingerprint density at radius 1 is 1.32 bits per heavy atom. The van der Waals surface area contributed by atoms with Gasteiger partial charge in [-0.15, -0.1) is 0 Å². The van der Waals surface area contributed by atoms with Gasteiger partial charge in [0.2, 0.25) is 5.95 Å². The third-order valence-electron chi connectivity index (χ3n) is 3.56. The minimum Gasteiger partial charge on any atom is -0.340 e. The van der Waals surface area contributed by atoms with Crippen molar-refractivity contribution in [3.63, 3.8) is 0 Å². The third kappa shape index (κ3) is 4.06. The lowest BCUT2D eigenvalue weighted by atomic mass is 10.1. The van der Waals surface area contributed by atoms with Crippen LogP contribution in [0.2, 0.25) is 0 Å². The molecule has 1 aliphatic heterocycles. The molecule has 0 aromatic carbocycles. The van der Waals surface area contributed by atoms with Crippen LogP contribution in [0, 0.1) is 5.92 Å². The van der Waals surface area contributed by atoms with Crippen LogP contribution in [-0.2, 0) is 6.42 Å². The van der Waals surface area contributed by atoms with Gasteiger partial charge in [0, 0.05) is 37.9 Å². The number of nitrogens with one attached hydrogen (secondary N) is 1. The van der Waals surface area contributed by atoms with Crippen LogP contribution >= 0.6 is 0 Å². The van der Waals surface area contributed by atoms with E-state index in [2.05, 4.69) is 40.7 Å². The van der Waals surface area contributed by atoms with E-state index < -0.39 is 0 Å². The van der Waals surface area contributed by atoms with E-state index in [0.717, 1.165) is 50.7 Å². The summed E-state index contributed by atoms with van der Waals surface area (Å²) in [4.78, 5) is 23.7. The lowest BCUT2D eigenvalue weighted by Crippen LogP contribution is -2.45. The Kier molecular flexibility index (Phi) is 4.58. The molecule has 0 aliphatic carbocycles. The van der Waals surface area contributed by atoms with E-state index in [4.69, 9.17) is 0 Å². The van der Waals surface area contributed by atoms with E-state index in [1.807, 2.05) is 0 Å². The summed E-state index contributed by atoms with van der Waals surface area (Å²) >= 11 is 0. The zero-order valence-corrected chi connectivity index (χ0v) is 12.1. The molecule has 1 N–H and O–H groups in total. The molecule has 1 fully saturated rings. The molecule has 1 saturated heterocycles. The topological polar surface area (TPSA) is 52.2 Å². The number of aromatic amines is 1. The van der Waals surface area contributed by atoms with Gasteiger partial charge in [0.15, 0.2) is 0 Å². The zero-order chi connectivity index (χ0) is 13.8. The highest BCUT2D eigenvalue weighted by molar-refractivity contribution is 5.31. The fourth-order valence-corrected chi connectivity index (χ4v) is 2.23. The second-order valence-corrected chi connectivity index (χ2v) is 5.78. The summed E-state index contributed by atoms with van der Waals surface area (Å²) in [6, 6.07) is 1.63. The molecule has 19 heavy (non-hydrogen) atoms. The zero-order valence-electron chi connectivity index (χ0n) is 12.1. The predicted molar refractivity (Wildman–Crippen MR) is 77.7 cm³/mol. The first kappa shape index (κ1) is 14.1. The maximum Gasteiger partial charge on any atom is 0.252 e. The van der Waals surface area contributed by atoms with Crippen molar-refractivity contribution < 1.29 is 0 Å². The van der Waals surface area contributed by atoms with E-state index in [0.29, 0.717) is 5.92 Å². The molecule has 0 amide bonds. The fraction of sp³-hybridized carbons (Fsp3) is 0.714. The number of anilines is 1. The van der Waals surface area contributed by atoms with Crippen molar-refractivity contribution in [1.29, 1.82) is 0 Å². The molecular formula is C14H24N4O. The highest BCUT2D eigenvalue weighted by atomic mass is 16.1. The Morgan fingerprint density at radius 2 is 2.00 bits per heavy atom.